The molecule has 0 radical (unpaired) electrons. The number of fused-ring (bicyclic) bond motifs is 4. The van der Waals surface area contributed by atoms with Gasteiger partial charge in [0.1, 0.15) is 0 Å². The number of nitrogens with zero attached hydrogens (tertiary/aromatic N) is 1. The van der Waals surface area contributed by atoms with Crippen LogP contribution in [-0.2, 0) is 10.8 Å². The Hall–Kier alpha value is -7.74. The van der Waals surface area contributed by atoms with E-state index in [1.54, 1.807) is 0 Å². The molecule has 0 saturated heterocycles. The van der Waals surface area contributed by atoms with Gasteiger partial charge in [0.05, 0.1) is 11.4 Å². The fraction of sp³-hybridized carbons (Fsp3) is 0.0938. The molecule has 65 heavy (non-hydrogen) atoms. The molecule has 10 aromatic carbocycles. The first-order valence-corrected chi connectivity index (χ1v) is 22.8. The van der Waals surface area contributed by atoms with Crippen LogP contribution in [0.15, 0.2) is 237 Å². The van der Waals surface area contributed by atoms with E-state index in [-0.39, 0.29) is 10.8 Å². The molecule has 1 heteroatoms. The molecule has 0 heterocycles. The summed E-state index contributed by atoms with van der Waals surface area (Å²) in [7, 11) is 0. The van der Waals surface area contributed by atoms with Crippen LogP contribution >= 0.6 is 0 Å². The Kier molecular flexibility index (Phi) is 9.93. The van der Waals surface area contributed by atoms with Gasteiger partial charge in [-0.3, -0.25) is 0 Å². The van der Waals surface area contributed by atoms with Crippen molar-refractivity contribution in [1.82, 2.24) is 0 Å². The van der Waals surface area contributed by atoms with Crippen molar-refractivity contribution < 1.29 is 0 Å². The van der Waals surface area contributed by atoms with Gasteiger partial charge < -0.3 is 4.90 Å². The van der Waals surface area contributed by atoms with Gasteiger partial charge in [0.2, 0.25) is 0 Å². The summed E-state index contributed by atoms with van der Waals surface area (Å²) in [5.74, 6) is 0. The quantitative estimate of drug-likeness (QED) is 0.147. The van der Waals surface area contributed by atoms with E-state index in [2.05, 4.69) is 269 Å². The fourth-order valence-electron chi connectivity index (χ4n) is 10.4. The van der Waals surface area contributed by atoms with Crippen molar-refractivity contribution >= 4 is 27.8 Å². The summed E-state index contributed by atoms with van der Waals surface area (Å²) in [5.41, 5.74) is 20.7. The summed E-state index contributed by atoms with van der Waals surface area (Å²) in [6, 6.07) is 87.3. The van der Waals surface area contributed by atoms with Crippen molar-refractivity contribution in [2.45, 2.75) is 38.5 Å². The third-order valence-corrected chi connectivity index (χ3v) is 13.8. The Morgan fingerprint density at radius 2 is 0.831 bits per heavy atom. The molecule has 0 spiro atoms. The van der Waals surface area contributed by atoms with E-state index in [0.29, 0.717) is 0 Å². The molecule has 1 atom stereocenters. The minimum absolute atomic E-state index is 0.0585. The van der Waals surface area contributed by atoms with Gasteiger partial charge in [-0.15, -0.1) is 0 Å². The molecule has 0 bridgehead atoms. The predicted octanol–water partition coefficient (Wildman–Crippen LogP) is 17.6. The second-order valence-electron chi connectivity index (χ2n) is 18.6. The van der Waals surface area contributed by atoms with Crippen LogP contribution in [0.2, 0.25) is 0 Å². The maximum Gasteiger partial charge on any atom is 0.0540 e. The van der Waals surface area contributed by atoms with Crippen molar-refractivity contribution in [3.05, 3.63) is 259 Å². The first-order chi connectivity index (χ1) is 31.8. The van der Waals surface area contributed by atoms with Crippen molar-refractivity contribution in [1.29, 1.82) is 0 Å². The van der Waals surface area contributed by atoms with Crippen molar-refractivity contribution in [2.24, 2.45) is 0 Å². The molecule has 1 aliphatic carbocycles. The third-order valence-electron chi connectivity index (χ3n) is 13.8. The van der Waals surface area contributed by atoms with Gasteiger partial charge in [-0.2, -0.15) is 0 Å². The smallest absolute Gasteiger partial charge is 0.0540 e. The summed E-state index contributed by atoms with van der Waals surface area (Å²) in [6.07, 6.45) is 0. The number of hydrogen-bond acceptors (Lipinski definition) is 1. The van der Waals surface area contributed by atoms with Gasteiger partial charge >= 0.3 is 0 Å². The summed E-state index contributed by atoms with van der Waals surface area (Å²) in [6.45, 7) is 9.22. The molecule has 0 aromatic heterocycles. The van der Waals surface area contributed by atoms with Crippen LogP contribution in [-0.4, -0.2) is 0 Å². The second-order valence-corrected chi connectivity index (χ2v) is 18.6. The van der Waals surface area contributed by atoms with Gasteiger partial charge in [0.15, 0.2) is 0 Å². The Bertz CT molecular complexity index is 3330. The minimum Gasteiger partial charge on any atom is -0.309 e. The minimum atomic E-state index is -0.263. The molecule has 0 N–H and O–H groups in total. The maximum absolute atomic E-state index is 2.48. The molecule has 0 saturated carbocycles. The zero-order chi connectivity index (χ0) is 44.1. The van der Waals surface area contributed by atoms with Crippen LogP contribution < -0.4 is 4.90 Å². The van der Waals surface area contributed by atoms with Crippen molar-refractivity contribution in [2.75, 3.05) is 4.90 Å². The lowest BCUT2D eigenvalue weighted by atomic mass is 9.74. The molecule has 0 amide bonds. The average molecular weight is 834 g/mol. The molecule has 0 aliphatic heterocycles. The first-order valence-electron chi connectivity index (χ1n) is 22.8. The van der Waals surface area contributed by atoms with Gasteiger partial charge in [-0.1, -0.05) is 233 Å². The van der Waals surface area contributed by atoms with E-state index < -0.39 is 0 Å². The topological polar surface area (TPSA) is 3.24 Å². The SMILES string of the molecule is CC(C)(C)c1ccc(-c2ccccc2N(c2ccc(-c3cccc4c3-c3ccccc3C4(C)c3ccccc3)cc2)c2ccccc2-c2cccc3cccc(-c4ccccc4)c23)cc1. The highest BCUT2D eigenvalue weighted by molar-refractivity contribution is 6.09. The molecule has 10 aromatic rings. The van der Waals surface area contributed by atoms with Gasteiger partial charge in [-0.25, -0.2) is 0 Å². The molecule has 1 aliphatic rings. The molecule has 1 nitrogen and oxygen atoms in total. The van der Waals surface area contributed by atoms with Crippen LogP contribution in [0.1, 0.15) is 49.9 Å². The lowest BCUT2D eigenvalue weighted by Gasteiger charge is -2.30. The average Bonchev–Trinajstić information content (AvgIpc) is 3.63. The van der Waals surface area contributed by atoms with Crippen LogP contribution in [0, 0.1) is 0 Å². The van der Waals surface area contributed by atoms with Crippen LogP contribution in [0.4, 0.5) is 17.1 Å². The van der Waals surface area contributed by atoms with E-state index in [1.807, 2.05) is 0 Å². The highest BCUT2D eigenvalue weighted by atomic mass is 15.1. The van der Waals surface area contributed by atoms with Crippen LogP contribution in [0.3, 0.4) is 0 Å². The summed E-state index contributed by atoms with van der Waals surface area (Å²) < 4.78 is 0. The normalized spacial score (nSPS) is 14.2. The van der Waals surface area contributed by atoms with E-state index in [1.165, 1.54) is 88.7 Å². The molecular weight excluding hydrogens is 783 g/mol. The van der Waals surface area contributed by atoms with Crippen LogP contribution in [0.25, 0.3) is 66.4 Å². The molecular formula is C64H51N. The summed E-state index contributed by atoms with van der Waals surface area (Å²) >= 11 is 0. The second kappa shape index (κ2) is 16.1. The zero-order valence-electron chi connectivity index (χ0n) is 37.5. The number of rotatable bonds is 8. The molecule has 0 fully saturated rings. The molecule has 312 valence electrons. The van der Waals surface area contributed by atoms with Gasteiger partial charge in [-0.05, 0) is 114 Å². The van der Waals surface area contributed by atoms with Crippen LogP contribution in [0.5, 0.6) is 0 Å². The van der Waals surface area contributed by atoms with E-state index in [4.69, 9.17) is 0 Å². The fourth-order valence-corrected chi connectivity index (χ4v) is 10.4. The van der Waals surface area contributed by atoms with Crippen molar-refractivity contribution in [3.8, 4) is 55.6 Å². The zero-order valence-corrected chi connectivity index (χ0v) is 37.5. The monoisotopic (exact) mass is 833 g/mol. The predicted molar refractivity (Wildman–Crippen MR) is 277 cm³/mol. The Balaban J connectivity index is 1.11. The third kappa shape index (κ3) is 6.87. The number of para-hydroxylation sites is 2. The Morgan fingerprint density at radius 1 is 0.354 bits per heavy atom. The summed E-state index contributed by atoms with van der Waals surface area (Å²) in [4.78, 5) is 2.48. The number of benzene rings is 10. The Labute approximate surface area is 384 Å². The largest absolute Gasteiger partial charge is 0.309 e. The highest BCUT2D eigenvalue weighted by Gasteiger charge is 2.41. The maximum atomic E-state index is 2.48. The lowest BCUT2D eigenvalue weighted by Crippen LogP contribution is -2.22. The lowest BCUT2D eigenvalue weighted by molar-refractivity contribution is 0.590. The van der Waals surface area contributed by atoms with E-state index in [0.717, 1.165) is 17.1 Å². The highest BCUT2D eigenvalue weighted by Crippen LogP contribution is 2.55. The number of anilines is 3. The molecule has 1 unspecified atom stereocenters. The summed E-state index contributed by atoms with van der Waals surface area (Å²) in [5, 5.41) is 2.46. The van der Waals surface area contributed by atoms with E-state index in [9.17, 15) is 0 Å². The standard InChI is InChI=1S/C64H51N/c1-63(2,3)48-40-36-45(37-41-48)51-26-12-15-34-59(51)65(60-35-16-13-27-54(60)55-31-18-23-47-22-17-29-52(61(47)55)44-20-7-5-8-21-44)50-42-38-46(39-43-50)53-30-19-33-58-62(53)56-28-11-14-32-57(56)64(58,4)49-24-9-6-10-25-49/h5-43H,1-4H3. The van der Waals surface area contributed by atoms with E-state index >= 15 is 0 Å². The Morgan fingerprint density at radius 3 is 1.52 bits per heavy atom. The van der Waals surface area contributed by atoms with Crippen molar-refractivity contribution in [3.63, 3.8) is 0 Å². The van der Waals surface area contributed by atoms with Gasteiger partial charge in [0.25, 0.3) is 0 Å². The first kappa shape index (κ1) is 40.1. The number of hydrogen-bond donors (Lipinski definition) is 0. The van der Waals surface area contributed by atoms with Gasteiger partial charge in [0, 0.05) is 22.2 Å². The molecule has 11 rings (SSSR count).